The lowest BCUT2D eigenvalue weighted by Crippen LogP contribution is -2.15. The molecule has 3 rings (SSSR count). The Morgan fingerprint density at radius 3 is 2.52 bits per heavy atom. The molecule has 6 nitrogen and oxygen atoms in total. The number of esters is 1. The molecule has 1 aromatic heterocycles. The standard InChI is InChI=1S/C20H17BrO6/c1-4-16(22)27-20-17(23)12-7-5-6-8-14(12)26-18(20)11-9-13(21)19(25-3)15(10-11)24-2/h5-10H,4H2,1-3H3. The number of fused-ring (bicyclic) bond motifs is 1. The van der Waals surface area contributed by atoms with E-state index < -0.39 is 11.4 Å². The van der Waals surface area contributed by atoms with Crippen LogP contribution < -0.4 is 19.6 Å². The third kappa shape index (κ3) is 3.55. The highest BCUT2D eigenvalue weighted by atomic mass is 79.9. The predicted octanol–water partition coefficient (Wildman–Crippen LogP) is 4.56. The second-order valence-corrected chi connectivity index (χ2v) is 6.46. The normalized spacial score (nSPS) is 10.7. The van der Waals surface area contributed by atoms with Crippen molar-refractivity contribution < 1.29 is 23.4 Å². The van der Waals surface area contributed by atoms with Crippen molar-refractivity contribution in [2.75, 3.05) is 14.2 Å². The van der Waals surface area contributed by atoms with Crippen LogP contribution in [0, 0.1) is 0 Å². The van der Waals surface area contributed by atoms with E-state index in [2.05, 4.69) is 15.9 Å². The van der Waals surface area contributed by atoms with Crippen molar-refractivity contribution in [1.82, 2.24) is 0 Å². The van der Waals surface area contributed by atoms with Crippen molar-refractivity contribution in [3.05, 3.63) is 51.1 Å². The minimum atomic E-state index is -0.529. The van der Waals surface area contributed by atoms with E-state index in [9.17, 15) is 9.59 Å². The molecule has 0 atom stereocenters. The minimum absolute atomic E-state index is 0.126. The van der Waals surface area contributed by atoms with Crippen LogP contribution in [0.4, 0.5) is 0 Å². The van der Waals surface area contributed by atoms with Gasteiger partial charge < -0.3 is 18.6 Å². The van der Waals surface area contributed by atoms with E-state index in [1.807, 2.05) is 0 Å². The molecule has 0 spiro atoms. The van der Waals surface area contributed by atoms with Crippen LogP contribution in [0.5, 0.6) is 17.2 Å². The third-order valence-corrected chi connectivity index (χ3v) is 4.55. The van der Waals surface area contributed by atoms with Gasteiger partial charge in [-0.3, -0.25) is 9.59 Å². The highest BCUT2D eigenvalue weighted by molar-refractivity contribution is 9.10. The Kier molecular flexibility index (Phi) is 5.51. The molecule has 27 heavy (non-hydrogen) atoms. The smallest absolute Gasteiger partial charge is 0.311 e. The van der Waals surface area contributed by atoms with Crippen LogP contribution in [0.1, 0.15) is 13.3 Å². The fourth-order valence-corrected chi connectivity index (χ4v) is 3.25. The maximum atomic E-state index is 12.9. The number of halogens is 1. The molecule has 0 fully saturated rings. The molecule has 0 N–H and O–H groups in total. The number of para-hydroxylation sites is 1. The lowest BCUT2D eigenvalue weighted by atomic mass is 10.1. The summed E-state index contributed by atoms with van der Waals surface area (Å²) in [5.74, 6) is 0.391. The van der Waals surface area contributed by atoms with Gasteiger partial charge in [0, 0.05) is 12.0 Å². The SMILES string of the molecule is CCC(=O)Oc1c(-c2cc(Br)c(OC)c(OC)c2)oc2ccccc2c1=O. The van der Waals surface area contributed by atoms with Gasteiger partial charge in [0.15, 0.2) is 17.3 Å². The summed E-state index contributed by atoms with van der Waals surface area (Å²) in [6.07, 6.45) is 0.126. The van der Waals surface area contributed by atoms with Gasteiger partial charge in [0.2, 0.25) is 11.2 Å². The summed E-state index contributed by atoms with van der Waals surface area (Å²) in [4.78, 5) is 24.8. The molecule has 0 amide bonds. The van der Waals surface area contributed by atoms with Crippen molar-refractivity contribution in [2.24, 2.45) is 0 Å². The maximum Gasteiger partial charge on any atom is 0.311 e. The van der Waals surface area contributed by atoms with Crippen LogP contribution in [0.2, 0.25) is 0 Å². The largest absolute Gasteiger partial charge is 0.493 e. The zero-order valence-corrected chi connectivity index (χ0v) is 16.6. The molecule has 0 saturated carbocycles. The van der Waals surface area contributed by atoms with Crippen LogP contribution in [0.3, 0.4) is 0 Å². The number of hydrogen-bond donors (Lipinski definition) is 0. The second kappa shape index (κ2) is 7.84. The van der Waals surface area contributed by atoms with Gasteiger partial charge in [0.05, 0.1) is 24.1 Å². The Morgan fingerprint density at radius 1 is 1.11 bits per heavy atom. The van der Waals surface area contributed by atoms with E-state index in [0.29, 0.717) is 32.5 Å². The van der Waals surface area contributed by atoms with Crippen LogP contribution in [-0.4, -0.2) is 20.2 Å². The molecule has 0 bridgehead atoms. The summed E-state index contributed by atoms with van der Waals surface area (Å²) in [6, 6.07) is 10.1. The third-order valence-electron chi connectivity index (χ3n) is 3.96. The van der Waals surface area contributed by atoms with E-state index in [4.69, 9.17) is 18.6 Å². The number of ether oxygens (including phenoxy) is 3. The molecule has 0 aliphatic carbocycles. The molecular weight excluding hydrogens is 416 g/mol. The molecule has 0 unspecified atom stereocenters. The van der Waals surface area contributed by atoms with E-state index in [1.54, 1.807) is 43.3 Å². The Morgan fingerprint density at radius 2 is 1.85 bits per heavy atom. The Balaban J connectivity index is 2.33. The first-order chi connectivity index (χ1) is 13.0. The Bertz CT molecular complexity index is 1070. The summed E-state index contributed by atoms with van der Waals surface area (Å²) in [6.45, 7) is 1.65. The lowest BCUT2D eigenvalue weighted by Gasteiger charge is -2.14. The second-order valence-electron chi connectivity index (χ2n) is 5.61. The van der Waals surface area contributed by atoms with E-state index in [1.165, 1.54) is 14.2 Å². The Hall–Kier alpha value is -2.80. The molecule has 3 aromatic rings. The van der Waals surface area contributed by atoms with Crippen molar-refractivity contribution in [2.45, 2.75) is 13.3 Å². The maximum absolute atomic E-state index is 12.9. The van der Waals surface area contributed by atoms with Gasteiger partial charge in [-0.1, -0.05) is 19.1 Å². The minimum Gasteiger partial charge on any atom is -0.493 e. The molecule has 0 aliphatic heterocycles. The molecule has 7 heteroatoms. The summed E-state index contributed by atoms with van der Waals surface area (Å²) in [5, 5.41) is 0.333. The number of methoxy groups -OCH3 is 2. The number of carbonyl (C=O) groups excluding carboxylic acids is 1. The zero-order chi connectivity index (χ0) is 19.6. The van der Waals surface area contributed by atoms with Gasteiger partial charge in [-0.15, -0.1) is 0 Å². The molecular formula is C20H17BrO6. The number of benzene rings is 2. The average molecular weight is 433 g/mol. The van der Waals surface area contributed by atoms with Gasteiger partial charge in [-0.2, -0.15) is 0 Å². The van der Waals surface area contributed by atoms with Gasteiger partial charge in [-0.05, 0) is 40.2 Å². The number of hydrogen-bond acceptors (Lipinski definition) is 6. The molecule has 2 aromatic carbocycles. The van der Waals surface area contributed by atoms with Crippen LogP contribution >= 0.6 is 15.9 Å². The van der Waals surface area contributed by atoms with E-state index in [0.717, 1.165) is 0 Å². The summed E-state index contributed by atoms with van der Waals surface area (Å²) >= 11 is 3.42. The van der Waals surface area contributed by atoms with Crippen molar-refractivity contribution >= 4 is 32.9 Å². The average Bonchev–Trinajstić information content (AvgIpc) is 2.69. The number of carbonyl (C=O) groups is 1. The fourth-order valence-electron chi connectivity index (χ4n) is 2.64. The topological polar surface area (TPSA) is 75.0 Å². The van der Waals surface area contributed by atoms with E-state index in [-0.39, 0.29) is 17.9 Å². The molecule has 0 radical (unpaired) electrons. The van der Waals surface area contributed by atoms with Gasteiger partial charge >= 0.3 is 5.97 Å². The molecule has 1 heterocycles. The first-order valence-electron chi connectivity index (χ1n) is 8.18. The molecule has 0 aliphatic rings. The first-order valence-corrected chi connectivity index (χ1v) is 8.97. The van der Waals surface area contributed by atoms with E-state index >= 15 is 0 Å². The highest BCUT2D eigenvalue weighted by Crippen LogP contribution is 2.41. The summed E-state index contributed by atoms with van der Waals surface area (Å²) in [7, 11) is 3.02. The highest BCUT2D eigenvalue weighted by Gasteiger charge is 2.22. The summed E-state index contributed by atoms with van der Waals surface area (Å²) in [5.41, 5.74) is 0.473. The fraction of sp³-hybridized carbons (Fsp3) is 0.200. The van der Waals surface area contributed by atoms with Crippen molar-refractivity contribution in [3.63, 3.8) is 0 Å². The Labute approximate surface area is 163 Å². The van der Waals surface area contributed by atoms with Crippen molar-refractivity contribution in [1.29, 1.82) is 0 Å². The summed E-state index contributed by atoms with van der Waals surface area (Å²) < 4.78 is 22.5. The monoisotopic (exact) mass is 432 g/mol. The molecule has 140 valence electrons. The predicted molar refractivity (Wildman–Crippen MR) is 105 cm³/mol. The molecule has 0 saturated heterocycles. The van der Waals surface area contributed by atoms with Gasteiger partial charge in [0.25, 0.3) is 0 Å². The van der Waals surface area contributed by atoms with Gasteiger partial charge in [-0.25, -0.2) is 0 Å². The number of rotatable bonds is 5. The van der Waals surface area contributed by atoms with Crippen molar-refractivity contribution in [3.8, 4) is 28.6 Å². The van der Waals surface area contributed by atoms with Crippen LogP contribution in [0.15, 0.2) is 50.1 Å². The lowest BCUT2D eigenvalue weighted by molar-refractivity contribution is -0.134. The van der Waals surface area contributed by atoms with Crippen LogP contribution in [0.25, 0.3) is 22.3 Å². The quantitative estimate of drug-likeness (QED) is 0.550. The zero-order valence-electron chi connectivity index (χ0n) is 15.0. The first kappa shape index (κ1) is 19.0. The van der Waals surface area contributed by atoms with Crippen LogP contribution in [-0.2, 0) is 4.79 Å². The van der Waals surface area contributed by atoms with Gasteiger partial charge in [0.1, 0.15) is 5.58 Å².